The lowest BCUT2D eigenvalue weighted by atomic mass is 10.0. The van der Waals surface area contributed by atoms with E-state index in [-0.39, 0.29) is 30.0 Å². The first-order chi connectivity index (χ1) is 16.0. The third-order valence-electron chi connectivity index (χ3n) is 5.75. The van der Waals surface area contributed by atoms with E-state index in [0.717, 1.165) is 17.0 Å². The summed E-state index contributed by atoms with van der Waals surface area (Å²) < 4.78 is 5.16. The molecule has 2 aromatic heterocycles. The summed E-state index contributed by atoms with van der Waals surface area (Å²) >= 11 is 0. The summed E-state index contributed by atoms with van der Waals surface area (Å²) in [4.78, 5) is 37.9. The molecule has 1 aliphatic heterocycles. The Morgan fingerprint density at radius 1 is 1.24 bits per heavy atom. The van der Waals surface area contributed by atoms with Gasteiger partial charge in [0.15, 0.2) is 0 Å². The van der Waals surface area contributed by atoms with E-state index in [1.807, 2.05) is 48.2 Å². The van der Waals surface area contributed by atoms with E-state index >= 15 is 0 Å². The highest BCUT2D eigenvalue weighted by Gasteiger charge is 2.32. The van der Waals surface area contributed by atoms with Crippen LogP contribution >= 0.6 is 0 Å². The van der Waals surface area contributed by atoms with Crippen molar-refractivity contribution >= 4 is 17.6 Å². The molecular formula is C24H28N6O3. The number of amides is 2. The molecule has 0 aliphatic carbocycles. The van der Waals surface area contributed by atoms with Gasteiger partial charge in [-0.3, -0.25) is 9.59 Å². The second-order valence-corrected chi connectivity index (χ2v) is 8.20. The number of carbonyl (C=O) groups is 2. The fraction of sp³-hybridized carbons (Fsp3) is 0.375. The standard InChI is InChI=1S/C24H28N6O3/c1-4-18-11-20(33-28-18)24(32)29(3)15-22-26-19(12-21(25-2)27-22)17-10-23(31)30(14-17)13-16-8-6-5-7-9-16/h5-9,11-12,17H,4,10,13-15H2,1-3H3,(H,25,26,27)/t17-/m0/s1. The van der Waals surface area contributed by atoms with Crippen LogP contribution in [0.1, 0.15) is 52.6 Å². The fourth-order valence-corrected chi connectivity index (χ4v) is 3.90. The van der Waals surface area contributed by atoms with E-state index in [1.165, 1.54) is 4.90 Å². The molecule has 4 rings (SSSR count). The van der Waals surface area contributed by atoms with E-state index in [1.54, 1.807) is 20.2 Å². The number of nitrogens with one attached hydrogen (secondary N) is 1. The van der Waals surface area contributed by atoms with Gasteiger partial charge in [0, 0.05) is 51.7 Å². The van der Waals surface area contributed by atoms with E-state index in [4.69, 9.17) is 9.51 Å². The Labute approximate surface area is 192 Å². The number of hydrogen-bond acceptors (Lipinski definition) is 7. The van der Waals surface area contributed by atoms with Crippen molar-refractivity contribution in [3.63, 3.8) is 0 Å². The molecule has 1 saturated heterocycles. The van der Waals surface area contributed by atoms with E-state index in [0.29, 0.717) is 37.6 Å². The third kappa shape index (κ3) is 5.19. The Kier molecular flexibility index (Phi) is 6.67. The minimum Gasteiger partial charge on any atom is -0.373 e. The number of hydrogen-bond donors (Lipinski definition) is 1. The van der Waals surface area contributed by atoms with Gasteiger partial charge in [0.2, 0.25) is 11.7 Å². The number of carbonyl (C=O) groups excluding carboxylic acids is 2. The van der Waals surface area contributed by atoms with Crippen molar-refractivity contribution in [3.05, 3.63) is 71.0 Å². The normalized spacial score (nSPS) is 15.7. The van der Waals surface area contributed by atoms with Crippen LogP contribution in [0.25, 0.3) is 0 Å². The topological polar surface area (TPSA) is 104 Å². The smallest absolute Gasteiger partial charge is 0.292 e. The van der Waals surface area contributed by atoms with Crippen LogP contribution in [0.15, 0.2) is 47.0 Å². The van der Waals surface area contributed by atoms with Gasteiger partial charge in [0.25, 0.3) is 5.91 Å². The van der Waals surface area contributed by atoms with Gasteiger partial charge < -0.3 is 19.6 Å². The fourth-order valence-electron chi connectivity index (χ4n) is 3.90. The van der Waals surface area contributed by atoms with Crippen LogP contribution in [0.2, 0.25) is 0 Å². The summed E-state index contributed by atoms with van der Waals surface area (Å²) in [6, 6.07) is 13.5. The molecule has 0 spiro atoms. The molecule has 9 heteroatoms. The minimum absolute atomic E-state index is 0.0301. The predicted molar refractivity (Wildman–Crippen MR) is 122 cm³/mol. The second-order valence-electron chi connectivity index (χ2n) is 8.20. The monoisotopic (exact) mass is 448 g/mol. The molecule has 0 radical (unpaired) electrons. The molecule has 1 fully saturated rings. The van der Waals surface area contributed by atoms with Gasteiger partial charge in [-0.1, -0.05) is 42.4 Å². The number of aryl methyl sites for hydroxylation is 1. The van der Waals surface area contributed by atoms with Gasteiger partial charge in [-0.15, -0.1) is 0 Å². The first kappa shape index (κ1) is 22.4. The summed E-state index contributed by atoms with van der Waals surface area (Å²) in [5.41, 5.74) is 2.63. The summed E-state index contributed by atoms with van der Waals surface area (Å²) in [5, 5.41) is 6.94. The maximum Gasteiger partial charge on any atom is 0.292 e. The molecule has 1 atom stereocenters. The van der Waals surface area contributed by atoms with Crippen LogP contribution in [0.5, 0.6) is 0 Å². The van der Waals surface area contributed by atoms with Crippen LogP contribution in [0.4, 0.5) is 5.82 Å². The second kappa shape index (κ2) is 9.81. The van der Waals surface area contributed by atoms with Gasteiger partial charge in [-0.2, -0.15) is 0 Å². The molecule has 9 nitrogen and oxygen atoms in total. The van der Waals surface area contributed by atoms with E-state index < -0.39 is 0 Å². The Hall–Kier alpha value is -3.75. The summed E-state index contributed by atoms with van der Waals surface area (Å²) in [6.07, 6.45) is 1.09. The zero-order valence-electron chi connectivity index (χ0n) is 19.1. The quantitative estimate of drug-likeness (QED) is 0.565. The van der Waals surface area contributed by atoms with E-state index in [2.05, 4.69) is 15.5 Å². The molecule has 3 aromatic rings. The highest BCUT2D eigenvalue weighted by molar-refractivity contribution is 5.91. The maximum atomic E-state index is 12.7. The molecule has 0 bridgehead atoms. The number of anilines is 1. The van der Waals surface area contributed by atoms with Gasteiger partial charge in [0.1, 0.15) is 11.6 Å². The van der Waals surface area contributed by atoms with E-state index in [9.17, 15) is 9.59 Å². The molecule has 0 saturated carbocycles. The zero-order chi connectivity index (χ0) is 23.4. The lowest BCUT2D eigenvalue weighted by molar-refractivity contribution is -0.128. The first-order valence-corrected chi connectivity index (χ1v) is 11.0. The maximum absolute atomic E-state index is 12.7. The van der Waals surface area contributed by atoms with Gasteiger partial charge in [-0.05, 0) is 12.0 Å². The van der Waals surface area contributed by atoms with Crippen molar-refractivity contribution in [1.82, 2.24) is 24.9 Å². The zero-order valence-corrected chi connectivity index (χ0v) is 19.1. The molecule has 0 unspecified atom stereocenters. The average Bonchev–Trinajstić information content (AvgIpc) is 3.46. The highest BCUT2D eigenvalue weighted by atomic mass is 16.5. The molecule has 1 N–H and O–H groups in total. The van der Waals surface area contributed by atoms with Gasteiger partial charge >= 0.3 is 0 Å². The predicted octanol–water partition coefficient (Wildman–Crippen LogP) is 2.86. The number of likely N-dealkylation sites (tertiary alicyclic amines) is 1. The number of aromatic nitrogens is 3. The molecule has 1 aliphatic rings. The number of rotatable bonds is 8. The third-order valence-corrected chi connectivity index (χ3v) is 5.75. The van der Waals surface area contributed by atoms with Crippen molar-refractivity contribution in [2.24, 2.45) is 0 Å². The van der Waals surface area contributed by atoms with Gasteiger partial charge in [-0.25, -0.2) is 9.97 Å². The molecule has 2 amide bonds. The van der Waals surface area contributed by atoms with Crippen molar-refractivity contribution in [1.29, 1.82) is 0 Å². The summed E-state index contributed by atoms with van der Waals surface area (Å²) in [7, 11) is 3.46. The Morgan fingerprint density at radius 3 is 2.73 bits per heavy atom. The molecule has 33 heavy (non-hydrogen) atoms. The molecule has 172 valence electrons. The molecular weight excluding hydrogens is 420 g/mol. The highest BCUT2D eigenvalue weighted by Crippen LogP contribution is 2.29. The van der Waals surface area contributed by atoms with Crippen LogP contribution < -0.4 is 5.32 Å². The van der Waals surface area contributed by atoms with Crippen LogP contribution in [0, 0.1) is 0 Å². The summed E-state index contributed by atoms with van der Waals surface area (Å²) in [6.45, 7) is 3.34. The number of nitrogens with zero attached hydrogens (tertiary/aromatic N) is 5. The van der Waals surface area contributed by atoms with Crippen molar-refractivity contribution in [2.45, 2.75) is 38.8 Å². The Bertz CT molecular complexity index is 1130. The largest absolute Gasteiger partial charge is 0.373 e. The van der Waals surface area contributed by atoms with Crippen molar-refractivity contribution < 1.29 is 14.1 Å². The summed E-state index contributed by atoms with van der Waals surface area (Å²) in [5.74, 6) is 1.14. The van der Waals surface area contributed by atoms with Crippen molar-refractivity contribution in [3.8, 4) is 0 Å². The lowest BCUT2D eigenvalue weighted by Gasteiger charge is -2.18. The lowest BCUT2D eigenvalue weighted by Crippen LogP contribution is -2.27. The SMILES string of the molecule is CCc1cc(C(=O)N(C)Cc2nc(NC)cc([C@H]3CC(=O)N(Cc4ccccc4)C3)n2)on1. The first-order valence-electron chi connectivity index (χ1n) is 11.0. The molecule has 1 aromatic carbocycles. The van der Waals surface area contributed by atoms with Crippen LogP contribution in [-0.2, 0) is 24.3 Å². The Balaban J connectivity index is 1.48. The van der Waals surface area contributed by atoms with Crippen molar-refractivity contribution in [2.75, 3.05) is 26.0 Å². The van der Waals surface area contributed by atoms with Crippen LogP contribution in [-0.4, -0.2) is 57.4 Å². The minimum atomic E-state index is -0.285. The van der Waals surface area contributed by atoms with Gasteiger partial charge in [0.05, 0.1) is 17.9 Å². The Morgan fingerprint density at radius 2 is 2.03 bits per heavy atom. The average molecular weight is 449 g/mol. The number of benzene rings is 1. The molecule has 3 heterocycles. The van der Waals surface area contributed by atoms with Crippen LogP contribution in [0.3, 0.4) is 0 Å².